The molecule has 14 heavy (non-hydrogen) atoms. The van der Waals surface area contributed by atoms with E-state index in [2.05, 4.69) is 5.32 Å². The lowest BCUT2D eigenvalue weighted by Crippen LogP contribution is -2.49. The molecule has 0 saturated carbocycles. The Balaban J connectivity index is 2.32. The summed E-state index contributed by atoms with van der Waals surface area (Å²) in [6.45, 7) is 2.97. The van der Waals surface area contributed by atoms with Crippen molar-refractivity contribution in [3.8, 4) is 0 Å². The minimum atomic E-state index is -0.817. The van der Waals surface area contributed by atoms with Gasteiger partial charge >= 0.3 is 0 Å². The average Bonchev–Trinajstić information content (AvgIpc) is 2.15. The van der Waals surface area contributed by atoms with Crippen LogP contribution in [0.1, 0.15) is 19.8 Å². The molecule has 1 fully saturated rings. The highest BCUT2D eigenvalue weighted by Crippen LogP contribution is 2.19. The van der Waals surface area contributed by atoms with E-state index < -0.39 is 11.6 Å². The molecule has 4 N–H and O–H groups in total. The molecular weight excluding hydrogens is 184 g/mol. The van der Waals surface area contributed by atoms with Crippen LogP contribution in [0.5, 0.6) is 0 Å². The fourth-order valence-electron chi connectivity index (χ4n) is 1.34. The molecule has 0 unspecified atom stereocenters. The first-order valence-corrected chi connectivity index (χ1v) is 4.87. The quantitative estimate of drug-likeness (QED) is 0.547. The molecule has 5 heteroatoms. The van der Waals surface area contributed by atoms with Gasteiger partial charge in [0.05, 0.1) is 11.6 Å². The number of carbonyl (C=O) groups is 1. The van der Waals surface area contributed by atoms with Gasteiger partial charge in [0.15, 0.2) is 0 Å². The fraction of sp³-hybridized carbons (Fsp3) is 0.889. The second kappa shape index (κ2) is 4.72. The highest BCUT2D eigenvalue weighted by atomic mass is 16.5. The highest BCUT2D eigenvalue weighted by Gasteiger charge is 2.30. The summed E-state index contributed by atoms with van der Waals surface area (Å²) in [7, 11) is 0. The van der Waals surface area contributed by atoms with Crippen LogP contribution >= 0.6 is 0 Å². The Morgan fingerprint density at radius 2 is 2.21 bits per heavy atom. The number of carbonyl (C=O) groups excluding carboxylic acids is 1. The van der Waals surface area contributed by atoms with Crippen molar-refractivity contribution in [2.75, 3.05) is 19.8 Å². The van der Waals surface area contributed by atoms with E-state index in [0.29, 0.717) is 26.1 Å². The van der Waals surface area contributed by atoms with Crippen molar-refractivity contribution in [2.45, 2.75) is 31.4 Å². The van der Waals surface area contributed by atoms with E-state index in [1.807, 2.05) is 0 Å². The van der Waals surface area contributed by atoms with Gasteiger partial charge in [-0.15, -0.1) is 0 Å². The summed E-state index contributed by atoms with van der Waals surface area (Å²) < 4.78 is 5.12. The molecule has 82 valence electrons. The molecule has 0 bridgehead atoms. The minimum absolute atomic E-state index is 0.232. The zero-order valence-electron chi connectivity index (χ0n) is 8.45. The van der Waals surface area contributed by atoms with Crippen LogP contribution in [0, 0.1) is 0 Å². The molecular formula is C9H18N2O3. The topological polar surface area (TPSA) is 84.6 Å². The second-order valence-electron chi connectivity index (χ2n) is 3.84. The normalized spacial score (nSPS) is 22.8. The highest BCUT2D eigenvalue weighted by molar-refractivity contribution is 5.81. The van der Waals surface area contributed by atoms with Crippen molar-refractivity contribution >= 4 is 5.91 Å². The Morgan fingerprint density at radius 3 is 2.71 bits per heavy atom. The standard InChI is InChI=1S/C9H18N2O3/c1-7(10)8(12)11-6-9(13)2-4-14-5-3-9/h7,13H,2-6,10H2,1H3,(H,11,12)/t7-/m0/s1. The molecule has 1 saturated heterocycles. The van der Waals surface area contributed by atoms with E-state index in [0.717, 1.165) is 0 Å². The average molecular weight is 202 g/mol. The number of nitrogens with one attached hydrogen (secondary N) is 1. The Kier molecular flexibility index (Phi) is 3.86. The van der Waals surface area contributed by atoms with Gasteiger partial charge in [0.1, 0.15) is 0 Å². The Bertz CT molecular complexity index is 200. The van der Waals surface area contributed by atoms with Gasteiger partial charge in [-0.05, 0) is 6.92 Å². The number of nitrogens with two attached hydrogens (primary N) is 1. The lowest BCUT2D eigenvalue weighted by Gasteiger charge is -2.32. The largest absolute Gasteiger partial charge is 0.388 e. The van der Waals surface area contributed by atoms with Gasteiger partial charge in [-0.3, -0.25) is 4.79 Å². The van der Waals surface area contributed by atoms with Crippen molar-refractivity contribution in [1.29, 1.82) is 0 Å². The summed E-state index contributed by atoms with van der Waals surface area (Å²) in [6, 6.07) is -0.529. The summed E-state index contributed by atoms with van der Waals surface area (Å²) in [6.07, 6.45) is 1.12. The van der Waals surface area contributed by atoms with E-state index >= 15 is 0 Å². The van der Waals surface area contributed by atoms with Crippen molar-refractivity contribution < 1.29 is 14.6 Å². The maximum atomic E-state index is 11.1. The van der Waals surface area contributed by atoms with Crippen LogP contribution < -0.4 is 11.1 Å². The summed E-state index contributed by atoms with van der Waals surface area (Å²) in [5, 5.41) is 12.6. The predicted molar refractivity (Wildman–Crippen MR) is 51.7 cm³/mol. The zero-order chi connectivity index (χ0) is 10.6. The van der Waals surface area contributed by atoms with Gasteiger partial charge in [0, 0.05) is 32.6 Å². The third kappa shape index (κ3) is 3.25. The van der Waals surface area contributed by atoms with E-state index in [-0.39, 0.29) is 12.5 Å². The van der Waals surface area contributed by atoms with Crippen molar-refractivity contribution in [1.82, 2.24) is 5.32 Å². The third-order valence-electron chi connectivity index (χ3n) is 2.43. The Morgan fingerprint density at radius 1 is 1.64 bits per heavy atom. The summed E-state index contributed by atoms with van der Waals surface area (Å²) >= 11 is 0. The maximum Gasteiger partial charge on any atom is 0.236 e. The number of amides is 1. The molecule has 1 amide bonds. The first-order chi connectivity index (χ1) is 6.53. The Hall–Kier alpha value is -0.650. The van der Waals surface area contributed by atoms with Crippen LogP contribution in [0.2, 0.25) is 0 Å². The molecule has 1 atom stereocenters. The van der Waals surface area contributed by atoms with E-state index in [9.17, 15) is 9.90 Å². The molecule has 0 aromatic heterocycles. The molecule has 0 aliphatic carbocycles. The van der Waals surface area contributed by atoms with Crippen molar-refractivity contribution in [2.24, 2.45) is 5.73 Å². The van der Waals surface area contributed by atoms with Crippen LogP contribution in [-0.2, 0) is 9.53 Å². The van der Waals surface area contributed by atoms with Crippen LogP contribution in [-0.4, -0.2) is 42.4 Å². The van der Waals surface area contributed by atoms with Crippen LogP contribution in [0.4, 0.5) is 0 Å². The maximum absolute atomic E-state index is 11.1. The van der Waals surface area contributed by atoms with Crippen molar-refractivity contribution in [3.05, 3.63) is 0 Å². The number of ether oxygens (including phenoxy) is 1. The number of aliphatic hydroxyl groups is 1. The lowest BCUT2D eigenvalue weighted by atomic mass is 9.94. The first kappa shape index (κ1) is 11.4. The van der Waals surface area contributed by atoms with Gasteiger partial charge in [-0.1, -0.05) is 0 Å². The van der Waals surface area contributed by atoms with Gasteiger partial charge in [0.2, 0.25) is 5.91 Å². The van der Waals surface area contributed by atoms with Crippen LogP contribution in [0.3, 0.4) is 0 Å². The molecule has 0 aromatic rings. The summed E-state index contributed by atoms with van der Waals surface area (Å²) in [4.78, 5) is 11.1. The molecule has 1 rings (SSSR count). The second-order valence-corrected chi connectivity index (χ2v) is 3.84. The van der Waals surface area contributed by atoms with Crippen molar-refractivity contribution in [3.63, 3.8) is 0 Å². The lowest BCUT2D eigenvalue weighted by molar-refractivity contribution is -0.124. The summed E-state index contributed by atoms with van der Waals surface area (Å²) in [5.74, 6) is -0.232. The number of rotatable bonds is 3. The smallest absolute Gasteiger partial charge is 0.236 e. The monoisotopic (exact) mass is 202 g/mol. The van der Waals surface area contributed by atoms with Gasteiger partial charge in [-0.25, -0.2) is 0 Å². The number of hydrogen-bond acceptors (Lipinski definition) is 4. The Labute approximate surface area is 83.6 Å². The predicted octanol–water partition coefficient (Wildman–Crippen LogP) is -1.01. The fourth-order valence-corrected chi connectivity index (χ4v) is 1.34. The molecule has 0 aromatic carbocycles. The molecule has 0 spiro atoms. The third-order valence-corrected chi connectivity index (χ3v) is 2.43. The van der Waals surface area contributed by atoms with E-state index in [1.54, 1.807) is 6.92 Å². The van der Waals surface area contributed by atoms with Crippen LogP contribution in [0.15, 0.2) is 0 Å². The first-order valence-electron chi connectivity index (χ1n) is 4.87. The van der Waals surface area contributed by atoms with E-state index in [4.69, 9.17) is 10.5 Å². The zero-order valence-corrected chi connectivity index (χ0v) is 8.45. The minimum Gasteiger partial charge on any atom is -0.388 e. The van der Waals surface area contributed by atoms with Gasteiger partial charge in [-0.2, -0.15) is 0 Å². The molecule has 0 radical (unpaired) electrons. The van der Waals surface area contributed by atoms with Crippen LogP contribution in [0.25, 0.3) is 0 Å². The van der Waals surface area contributed by atoms with Gasteiger partial charge in [0.25, 0.3) is 0 Å². The van der Waals surface area contributed by atoms with Gasteiger partial charge < -0.3 is 20.9 Å². The summed E-state index contributed by atoms with van der Waals surface area (Å²) in [5.41, 5.74) is 4.56. The molecule has 1 heterocycles. The molecule has 5 nitrogen and oxygen atoms in total. The number of hydrogen-bond donors (Lipinski definition) is 3. The van der Waals surface area contributed by atoms with E-state index in [1.165, 1.54) is 0 Å². The SMILES string of the molecule is C[C@H](N)C(=O)NCC1(O)CCOCC1. The molecule has 1 aliphatic heterocycles. The molecule has 1 aliphatic rings.